The molecule has 0 radical (unpaired) electrons. The Labute approximate surface area is 112 Å². The van der Waals surface area contributed by atoms with Gasteiger partial charge in [-0.3, -0.25) is 0 Å². The molecule has 0 saturated carbocycles. The van der Waals surface area contributed by atoms with Gasteiger partial charge in [-0.1, -0.05) is 6.07 Å². The van der Waals surface area contributed by atoms with Crippen molar-refractivity contribution in [1.82, 2.24) is 0 Å². The third kappa shape index (κ3) is 2.98. The van der Waals surface area contributed by atoms with E-state index in [1.54, 1.807) is 18.2 Å². The molecule has 0 bridgehead atoms. The molecule has 2 N–H and O–H groups in total. The molecular weight excluding hydrogens is 304 g/mol. The molecular formula is C13H10BrF2NO. The summed E-state index contributed by atoms with van der Waals surface area (Å²) in [7, 11) is 0. The lowest BCUT2D eigenvalue weighted by molar-refractivity contribution is 0.290. The van der Waals surface area contributed by atoms with Gasteiger partial charge in [-0.05, 0) is 45.8 Å². The average Bonchev–Trinajstić information content (AvgIpc) is 2.32. The van der Waals surface area contributed by atoms with Gasteiger partial charge in [0.15, 0.2) is 11.6 Å². The van der Waals surface area contributed by atoms with Crippen LogP contribution in [0.2, 0.25) is 0 Å². The van der Waals surface area contributed by atoms with Crippen LogP contribution in [0.1, 0.15) is 5.56 Å². The number of hydrogen-bond donors (Lipinski definition) is 1. The van der Waals surface area contributed by atoms with Crippen molar-refractivity contribution >= 4 is 21.6 Å². The van der Waals surface area contributed by atoms with Gasteiger partial charge < -0.3 is 10.5 Å². The summed E-state index contributed by atoms with van der Waals surface area (Å²) in [4.78, 5) is 0. The van der Waals surface area contributed by atoms with Crippen molar-refractivity contribution in [2.24, 2.45) is 0 Å². The Bertz CT molecular complexity index is 575. The zero-order valence-electron chi connectivity index (χ0n) is 9.29. The van der Waals surface area contributed by atoms with Gasteiger partial charge in [0.2, 0.25) is 0 Å². The molecule has 18 heavy (non-hydrogen) atoms. The zero-order chi connectivity index (χ0) is 13.1. The molecule has 2 aromatic rings. The topological polar surface area (TPSA) is 35.2 Å². The summed E-state index contributed by atoms with van der Waals surface area (Å²) in [5.41, 5.74) is 6.50. The Morgan fingerprint density at radius 3 is 2.50 bits per heavy atom. The van der Waals surface area contributed by atoms with Crippen molar-refractivity contribution in [3.05, 3.63) is 58.1 Å². The number of nitrogens with two attached hydrogens (primary N) is 1. The lowest BCUT2D eigenvalue weighted by Gasteiger charge is -2.08. The zero-order valence-corrected chi connectivity index (χ0v) is 10.9. The van der Waals surface area contributed by atoms with Gasteiger partial charge in [-0.25, -0.2) is 8.78 Å². The fourth-order valence-electron chi connectivity index (χ4n) is 1.42. The Kier molecular flexibility index (Phi) is 3.81. The molecule has 5 heteroatoms. The van der Waals surface area contributed by atoms with Crippen LogP contribution in [0.4, 0.5) is 14.5 Å². The van der Waals surface area contributed by atoms with Crippen LogP contribution < -0.4 is 10.5 Å². The number of ether oxygens (including phenoxy) is 1. The molecule has 2 aromatic carbocycles. The number of nitrogen functional groups attached to an aromatic ring is 1. The van der Waals surface area contributed by atoms with Crippen LogP contribution in [0.3, 0.4) is 0 Å². The third-order valence-electron chi connectivity index (χ3n) is 2.33. The molecule has 0 heterocycles. The average molecular weight is 314 g/mol. The van der Waals surface area contributed by atoms with Gasteiger partial charge in [-0.15, -0.1) is 0 Å². The van der Waals surface area contributed by atoms with Crippen molar-refractivity contribution < 1.29 is 13.5 Å². The van der Waals surface area contributed by atoms with E-state index in [-0.39, 0.29) is 18.2 Å². The molecule has 0 aliphatic heterocycles. The second-order valence-electron chi connectivity index (χ2n) is 3.73. The van der Waals surface area contributed by atoms with Crippen LogP contribution in [0.25, 0.3) is 0 Å². The van der Waals surface area contributed by atoms with Crippen molar-refractivity contribution in [3.8, 4) is 5.75 Å². The molecule has 0 aliphatic rings. The van der Waals surface area contributed by atoms with Crippen molar-refractivity contribution in [3.63, 3.8) is 0 Å². The number of hydrogen-bond acceptors (Lipinski definition) is 2. The molecule has 2 nitrogen and oxygen atoms in total. The monoisotopic (exact) mass is 313 g/mol. The smallest absolute Gasteiger partial charge is 0.167 e. The molecule has 0 atom stereocenters. The SMILES string of the molecule is Nc1ccc(OCc2ccc(F)c(Br)c2)c(F)c1. The minimum Gasteiger partial charge on any atom is -0.486 e. The molecule has 0 aromatic heterocycles. The summed E-state index contributed by atoms with van der Waals surface area (Å²) < 4.78 is 32.1. The van der Waals surface area contributed by atoms with E-state index in [0.29, 0.717) is 10.2 Å². The summed E-state index contributed by atoms with van der Waals surface area (Å²) in [5.74, 6) is -0.752. The fourth-order valence-corrected chi connectivity index (χ4v) is 1.85. The van der Waals surface area contributed by atoms with E-state index in [2.05, 4.69) is 15.9 Å². The number of anilines is 1. The van der Waals surface area contributed by atoms with Crippen molar-refractivity contribution in [2.45, 2.75) is 6.61 Å². The Balaban J connectivity index is 2.09. The van der Waals surface area contributed by atoms with Gasteiger partial charge in [0, 0.05) is 11.8 Å². The Hall–Kier alpha value is -1.62. The van der Waals surface area contributed by atoms with Crippen LogP contribution in [0.5, 0.6) is 5.75 Å². The normalized spacial score (nSPS) is 10.4. The first-order chi connectivity index (χ1) is 8.56. The predicted octanol–water partition coefficient (Wildman–Crippen LogP) is 3.89. The van der Waals surface area contributed by atoms with Crippen molar-refractivity contribution in [1.29, 1.82) is 0 Å². The molecule has 0 amide bonds. The maximum atomic E-state index is 13.4. The van der Waals surface area contributed by atoms with Crippen LogP contribution >= 0.6 is 15.9 Å². The Morgan fingerprint density at radius 1 is 1.06 bits per heavy atom. The minimum absolute atomic E-state index is 0.115. The van der Waals surface area contributed by atoms with Crippen molar-refractivity contribution in [2.75, 3.05) is 5.73 Å². The minimum atomic E-state index is -0.517. The highest BCUT2D eigenvalue weighted by Gasteiger charge is 2.05. The van der Waals surface area contributed by atoms with Crippen LogP contribution in [-0.4, -0.2) is 0 Å². The first kappa shape index (κ1) is 12.8. The highest BCUT2D eigenvalue weighted by molar-refractivity contribution is 9.10. The van der Waals surface area contributed by atoms with Gasteiger partial charge in [-0.2, -0.15) is 0 Å². The molecule has 0 spiro atoms. The number of benzene rings is 2. The highest BCUT2D eigenvalue weighted by atomic mass is 79.9. The first-order valence-corrected chi connectivity index (χ1v) is 5.97. The maximum absolute atomic E-state index is 13.4. The second-order valence-corrected chi connectivity index (χ2v) is 4.58. The van der Waals surface area contributed by atoms with E-state index in [9.17, 15) is 8.78 Å². The molecule has 0 aliphatic carbocycles. The molecule has 2 rings (SSSR count). The van der Waals surface area contributed by atoms with Crippen LogP contribution in [-0.2, 0) is 6.61 Å². The highest BCUT2D eigenvalue weighted by Crippen LogP contribution is 2.22. The summed E-state index contributed by atoms with van der Waals surface area (Å²) in [6.45, 7) is 0.152. The van der Waals surface area contributed by atoms with Gasteiger partial charge in [0.05, 0.1) is 4.47 Å². The quantitative estimate of drug-likeness (QED) is 0.873. The largest absolute Gasteiger partial charge is 0.486 e. The van der Waals surface area contributed by atoms with Gasteiger partial charge >= 0.3 is 0 Å². The summed E-state index contributed by atoms with van der Waals surface area (Å²) in [6, 6.07) is 8.69. The molecule has 94 valence electrons. The summed E-state index contributed by atoms with van der Waals surface area (Å²) >= 11 is 3.08. The van der Waals surface area contributed by atoms with Crippen LogP contribution in [0, 0.1) is 11.6 Å². The van der Waals surface area contributed by atoms with E-state index in [1.165, 1.54) is 18.2 Å². The van der Waals surface area contributed by atoms with E-state index in [1.807, 2.05) is 0 Å². The third-order valence-corrected chi connectivity index (χ3v) is 2.94. The number of rotatable bonds is 3. The predicted molar refractivity (Wildman–Crippen MR) is 69.2 cm³/mol. The standard InChI is InChI=1S/C13H10BrF2NO/c14-10-5-8(1-3-11(10)15)7-18-13-4-2-9(17)6-12(13)16/h1-6H,7,17H2. The number of halogens is 3. The first-order valence-electron chi connectivity index (χ1n) is 5.18. The van der Waals surface area contributed by atoms with E-state index in [4.69, 9.17) is 10.5 Å². The van der Waals surface area contributed by atoms with Crippen LogP contribution in [0.15, 0.2) is 40.9 Å². The van der Waals surface area contributed by atoms with Gasteiger partial charge in [0.1, 0.15) is 12.4 Å². The molecule has 0 saturated heterocycles. The summed E-state index contributed by atoms with van der Waals surface area (Å²) in [5, 5.41) is 0. The molecule has 0 unspecified atom stereocenters. The fraction of sp³-hybridized carbons (Fsp3) is 0.0769. The Morgan fingerprint density at radius 2 is 1.83 bits per heavy atom. The lowest BCUT2D eigenvalue weighted by Crippen LogP contribution is -1.98. The molecule has 0 fully saturated rings. The second kappa shape index (κ2) is 5.35. The van der Waals surface area contributed by atoms with E-state index in [0.717, 1.165) is 5.56 Å². The summed E-state index contributed by atoms with van der Waals surface area (Å²) in [6.07, 6.45) is 0. The van der Waals surface area contributed by atoms with E-state index < -0.39 is 5.82 Å². The van der Waals surface area contributed by atoms with Gasteiger partial charge in [0.25, 0.3) is 0 Å². The lowest BCUT2D eigenvalue weighted by atomic mass is 10.2. The van der Waals surface area contributed by atoms with E-state index >= 15 is 0 Å². The maximum Gasteiger partial charge on any atom is 0.167 e.